The zero-order valence-corrected chi connectivity index (χ0v) is 11.9. The number of carbonyl (C=O) groups excluding carboxylic acids is 2. The summed E-state index contributed by atoms with van der Waals surface area (Å²) in [7, 11) is 0. The van der Waals surface area contributed by atoms with Crippen molar-refractivity contribution in [2.75, 3.05) is 5.33 Å². The Morgan fingerprint density at radius 2 is 2.11 bits per heavy atom. The van der Waals surface area contributed by atoms with Crippen LogP contribution in [0.25, 0.3) is 0 Å². The molecule has 0 saturated heterocycles. The number of alkyl halides is 1. The van der Waals surface area contributed by atoms with Crippen LogP contribution in [0.1, 0.15) is 29.9 Å². The number of rotatable bonds is 5. The van der Waals surface area contributed by atoms with Crippen molar-refractivity contribution >= 4 is 27.8 Å². The normalized spacial score (nSPS) is 11.1. The van der Waals surface area contributed by atoms with Gasteiger partial charge >= 0.3 is 6.09 Å². The number of hydrogen-bond donors (Lipinski definition) is 1. The first-order valence-electron chi connectivity index (χ1n) is 5.36. The van der Waals surface area contributed by atoms with Crippen molar-refractivity contribution in [3.05, 3.63) is 29.6 Å². The molecule has 0 atom stereocenters. The Labute approximate surface area is 114 Å². The standard InChI is InChI=1S/C12H15BrN2O3/c1-12(2,18-11(14)17)5-8-3-4-9(15-7-8)10(16)6-13/h3-4,7H,5-6H2,1-2H3,(H2,14,17). The third-order valence-corrected chi connectivity index (χ3v) is 2.75. The minimum absolute atomic E-state index is 0.0748. The molecule has 98 valence electrons. The Kier molecular flexibility index (Phi) is 4.84. The third-order valence-electron chi connectivity index (χ3n) is 2.24. The maximum atomic E-state index is 11.4. The number of amides is 1. The molecule has 6 heteroatoms. The second-order valence-electron chi connectivity index (χ2n) is 4.47. The zero-order valence-electron chi connectivity index (χ0n) is 10.3. The van der Waals surface area contributed by atoms with Gasteiger partial charge in [0.15, 0.2) is 5.78 Å². The number of ether oxygens (including phenoxy) is 1. The highest BCUT2D eigenvalue weighted by Crippen LogP contribution is 2.16. The second kappa shape index (κ2) is 5.95. The monoisotopic (exact) mass is 314 g/mol. The van der Waals surface area contributed by atoms with Gasteiger partial charge in [-0.3, -0.25) is 9.78 Å². The molecule has 1 amide bonds. The van der Waals surface area contributed by atoms with E-state index in [1.807, 2.05) is 0 Å². The molecule has 0 aliphatic heterocycles. The average Bonchev–Trinajstić information content (AvgIpc) is 2.26. The van der Waals surface area contributed by atoms with E-state index in [9.17, 15) is 9.59 Å². The van der Waals surface area contributed by atoms with E-state index in [1.165, 1.54) is 0 Å². The third kappa shape index (κ3) is 4.44. The molecule has 5 nitrogen and oxygen atoms in total. The van der Waals surface area contributed by atoms with E-state index in [0.29, 0.717) is 12.1 Å². The first-order chi connectivity index (χ1) is 8.34. The SMILES string of the molecule is CC(C)(Cc1ccc(C(=O)CBr)nc1)OC(N)=O. The largest absolute Gasteiger partial charge is 0.443 e. The molecule has 0 aliphatic rings. The van der Waals surface area contributed by atoms with Gasteiger partial charge in [0.25, 0.3) is 0 Å². The van der Waals surface area contributed by atoms with Crippen molar-refractivity contribution in [3.8, 4) is 0 Å². The van der Waals surface area contributed by atoms with E-state index >= 15 is 0 Å². The van der Waals surface area contributed by atoms with Gasteiger partial charge in [-0.1, -0.05) is 22.0 Å². The van der Waals surface area contributed by atoms with Crippen LogP contribution in [0.5, 0.6) is 0 Å². The van der Waals surface area contributed by atoms with E-state index in [1.54, 1.807) is 32.2 Å². The fourth-order valence-corrected chi connectivity index (χ4v) is 1.85. The summed E-state index contributed by atoms with van der Waals surface area (Å²) >= 11 is 3.09. The van der Waals surface area contributed by atoms with Crippen LogP contribution in [0.3, 0.4) is 0 Å². The molecule has 0 radical (unpaired) electrons. The van der Waals surface area contributed by atoms with E-state index in [2.05, 4.69) is 20.9 Å². The Morgan fingerprint density at radius 1 is 1.44 bits per heavy atom. The van der Waals surface area contributed by atoms with Gasteiger partial charge in [0.1, 0.15) is 11.3 Å². The maximum absolute atomic E-state index is 11.4. The molecule has 2 N–H and O–H groups in total. The van der Waals surface area contributed by atoms with Crippen molar-refractivity contribution in [2.45, 2.75) is 25.9 Å². The van der Waals surface area contributed by atoms with Gasteiger partial charge in [-0.2, -0.15) is 0 Å². The lowest BCUT2D eigenvalue weighted by Gasteiger charge is -2.23. The molecule has 0 unspecified atom stereocenters. The van der Waals surface area contributed by atoms with E-state index in [-0.39, 0.29) is 11.1 Å². The predicted molar refractivity (Wildman–Crippen MR) is 70.8 cm³/mol. The second-order valence-corrected chi connectivity index (χ2v) is 5.03. The van der Waals surface area contributed by atoms with Crippen molar-refractivity contribution in [2.24, 2.45) is 5.73 Å². The van der Waals surface area contributed by atoms with Crippen LogP contribution < -0.4 is 5.73 Å². The Morgan fingerprint density at radius 3 is 2.56 bits per heavy atom. The molecule has 1 aromatic rings. The van der Waals surface area contributed by atoms with Crippen molar-refractivity contribution in [1.82, 2.24) is 4.98 Å². The molecular weight excluding hydrogens is 300 g/mol. The summed E-state index contributed by atoms with van der Waals surface area (Å²) in [5, 5.41) is 0.246. The number of Topliss-reactive ketones (excluding diaryl/α,β-unsaturated/α-hetero) is 1. The maximum Gasteiger partial charge on any atom is 0.405 e. The highest BCUT2D eigenvalue weighted by molar-refractivity contribution is 9.09. The molecule has 0 spiro atoms. The minimum atomic E-state index is -0.806. The van der Waals surface area contributed by atoms with Crippen LogP contribution in [0.15, 0.2) is 18.3 Å². The van der Waals surface area contributed by atoms with Gasteiger partial charge in [0.05, 0.1) is 5.33 Å². The summed E-state index contributed by atoms with van der Waals surface area (Å²) in [6.07, 6.45) is 1.27. The highest BCUT2D eigenvalue weighted by atomic mass is 79.9. The summed E-state index contributed by atoms with van der Waals surface area (Å²) in [6, 6.07) is 3.44. The van der Waals surface area contributed by atoms with Gasteiger partial charge in [-0.25, -0.2) is 4.79 Å². The molecule has 1 heterocycles. The summed E-state index contributed by atoms with van der Waals surface area (Å²) in [4.78, 5) is 26.1. The first-order valence-corrected chi connectivity index (χ1v) is 6.49. The molecule has 0 saturated carbocycles. The molecule has 0 aromatic carbocycles. The smallest absolute Gasteiger partial charge is 0.405 e. The van der Waals surface area contributed by atoms with E-state index in [4.69, 9.17) is 10.5 Å². The van der Waals surface area contributed by atoms with Crippen LogP contribution in [0, 0.1) is 0 Å². The summed E-state index contributed by atoms with van der Waals surface area (Å²) in [6.45, 7) is 3.52. The molecule has 0 aliphatic carbocycles. The minimum Gasteiger partial charge on any atom is -0.443 e. The predicted octanol–water partition coefficient (Wildman–Crippen LogP) is 2.08. The van der Waals surface area contributed by atoms with Gasteiger partial charge in [0, 0.05) is 12.6 Å². The van der Waals surface area contributed by atoms with Crippen LogP contribution in [0.2, 0.25) is 0 Å². The number of primary amides is 1. The number of pyridine rings is 1. The number of carbonyl (C=O) groups is 2. The molecule has 18 heavy (non-hydrogen) atoms. The zero-order chi connectivity index (χ0) is 13.8. The number of halogens is 1. The first kappa shape index (κ1) is 14.6. The summed E-state index contributed by atoms with van der Waals surface area (Å²) in [5.74, 6) is -0.0748. The Hall–Kier alpha value is -1.43. The topological polar surface area (TPSA) is 82.3 Å². The lowest BCUT2D eigenvalue weighted by molar-refractivity contribution is 0.0460. The molecular formula is C12H15BrN2O3. The molecule has 0 bridgehead atoms. The molecule has 1 rings (SSSR count). The van der Waals surface area contributed by atoms with Gasteiger partial charge in [-0.05, 0) is 25.5 Å². The Balaban J connectivity index is 2.74. The van der Waals surface area contributed by atoms with E-state index in [0.717, 1.165) is 5.56 Å². The number of nitrogens with zero attached hydrogens (tertiary/aromatic N) is 1. The van der Waals surface area contributed by atoms with Gasteiger partial charge in [-0.15, -0.1) is 0 Å². The van der Waals surface area contributed by atoms with E-state index < -0.39 is 11.7 Å². The van der Waals surface area contributed by atoms with Crippen LogP contribution in [-0.2, 0) is 11.2 Å². The van der Waals surface area contributed by atoms with Crippen molar-refractivity contribution in [1.29, 1.82) is 0 Å². The molecule has 1 aromatic heterocycles. The van der Waals surface area contributed by atoms with Crippen LogP contribution in [0.4, 0.5) is 4.79 Å². The van der Waals surface area contributed by atoms with Gasteiger partial charge < -0.3 is 10.5 Å². The van der Waals surface area contributed by atoms with Crippen molar-refractivity contribution < 1.29 is 14.3 Å². The Bertz CT molecular complexity index is 443. The number of nitrogens with two attached hydrogens (primary N) is 1. The molecule has 0 fully saturated rings. The van der Waals surface area contributed by atoms with Crippen LogP contribution in [-0.4, -0.2) is 27.8 Å². The van der Waals surface area contributed by atoms with Crippen molar-refractivity contribution in [3.63, 3.8) is 0 Å². The highest BCUT2D eigenvalue weighted by Gasteiger charge is 2.22. The van der Waals surface area contributed by atoms with Gasteiger partial charge in [0.2, 0.25) is 0 Å². The lowest BCUT2D eigenvalue weighted by atomic mass is 9.99. The number of ketones is 1. The van der Waals surface area contributed by atoms with Crippen LogP contribution >= 0.6 is 15.9 Å². The lowest BCUT2D eigenvalue weighted by Crippen LogP contribution is -2.33. The fraction of sp³-hybridized carbons (Fsp3) is 0.417. The average molecular weight is 315 g/mol. The number of aromatic nitrogens is 1. The summed E-state index contributed by atoms with van der Waals surface area (Å²) < 4.78 is 4.98. The quantitative estimate of drug-likeness (QED) is 0.666. The fourth-order valence-electron chi connectivity index (χ4n) is 1.56. The number of hydrogen-bond acceptors (Lipinski definition) is 4. The summed E-state index contributed by atoms with van der Waals surface area (Å²) in [5.41, 5.74) is 5.56.